The molecule has 9 nitrogen and oxygen atoms in total. The third-order valence-electron chi connectivity index (χ3n) is 6.10. The first-order chi connectivity index (χ1) is 16.1. The summed E-state index contributed by atoms with van der Waals surface area (Å²) in [6.45, 7) is 5.69. The first-order valence-corrected chi connectivity index (χ1v) is 11.8. The Morgan fingerprint density at radius 3 is 3.00 bits per heavy atom. The van der Waals surface area contributed by atoms with E-state index in [0.717, 1.165) is 67.1 Å². The summed E-state index contributed by atoms with van der Waals surface area (Å²) in [5.41, 5.74) is 8.70. The lowest BCUT2D eigenvalue weighted by Crippen LogP contribution is -2.41. The molecular weight excluding hydrogens is 418 g/mol. The van der Waals surface area contributed by atoms with Gasteiger partial charge in [0.05, 0.1) is 12.8 Å². The molecule has 4 heterocycles. The molecule has 1 saturated heterocycles. The minimum atomic E-state index is -0.598. The van der Waals surface area contributed by atoms with Gasteiger partial charge in [-0.15, -0.1) is 0 Å². The predicted octanol–water partition coefficient (Wildman–Crippen LogP) is 2.94. The zero-order chi connectivity index (χ0) is 23.2. The van der Waals surface area contributed by atoms with E-state index in [9.17, 15) is 4.79 Å². The molecule has 33 heavy (non-hydrogen) atoms. The quantitative estimate of drug-likeness (QED) is 0.478. The van der Waals surface area contributed by atoms with E-state index in [-0.39, 0.29) is 12.0 Å². The molecule has 3 aromatic rings. The van der Waals surface area contributed by atoms with Crippen LogP contribution in [0.4, 0.5) is 11.6 Å². The SMILES string of the molecule is CCc1cnn2c(NCc3cccnc3)cc(N3CCCC[C@H]3CCOC(=O)C(C)N)nc12. The number of aromatic nitrogens is 4. The molecule has 1 unspecified atom stereocenters. The Balaban J connectivity index is 1.58. The van der Waals surface area contributed by atoms with Gasteiger partial charge in [-0.25, -0.2) is 4.98 Å². The molecule has 0 aliphatic carbocycles. The number of hydrogen-bond acceptors (Lipinski definition) is 8. The number of nitrogens with one attached hydrogen (secondary N) is 1. The van der Waals surface area contributed by atoms with Crippen LogP contribution >= 0.6 is 0 Å². The molecule has 4 rings (SSSR count). The average molecular weight is 452 g/mol. The van der Waals surface area contributed by atoms with E-state index in [1.54, 1.807) is 13.1 Å². The maximum atomic E-state index is 11.8. The summed E-state index contributed by atoms with van der Waals surface area (Å²) < 4.78 is 7.23. The van der Waals surface area contributed by atoms with Crippen molar-refractivity contribution in [1.82, 2.24) is 19.6 Å². The number of nitrogens with zero attached hydrogens (tertiary/aromatic N) is 5. The minimum absolute atomic E-state index is 0.258. The van der Waals surface area contributed by atoms with Gasteiger partial charge >= 0.3 is 5.97 Å². The second kappa shape index (κ2) is 10.6. The van der Waals surface area contributed by atoms with Crippen molar-refractivity contribution >= 4 is 23.3 Å². The third-order valence-corrected chi connectivity index (χ3v) is 6.10. The summed E-state index contributed by atoms with van der Waals surface area (Å²) in [4.78, 5) is 23.3. The zero-order valence-electron chi connectivity index (χ0n) is 19.4. The van der Waals surface area contributed by atoms with Gasteiger partial charge in [0.2, 0.25) is 0 Å². The van der Waals surface area contributed by atoms with Crippen molar-refractivity contribution in [3.05, 3.63) is 47.9 Å². The summed E-state index contributed by atoms with van der Waals surface area (Å²) in [5.74, 6) is 1.46. The van der Waals surface area contributed by atoms with E-state index >= 15 is 0 Å². The summed E-state index contributed by atoms with van der Waals surface area (Å²) in [6.07, 6.45) is 10.4. The van der Waals surface area contributed by atoms with Gasteiger partial charge in [-0.3, -0.25) is 9.78 Å². The smallest absolute Gasteiger partial charge is 0.322 e. The molecule has 0 amide bonds. The van der Waals surface area contributed by atoms with Crippen LogP contribution in [0.15, 0.2) is 36.8 Å². The Labute approximate surface area is 194 Å². The van der Waals surface area contributed by atoms with Crippen molar-refractivity contribution in [2.75, 3.05) is 23.4 Å². The lowest BCUT2D eigenvalue weighted by Gasteiger charge is -2.37. The number of pyridine rings is 1. The number of carbonyl (C=O) groups is 1. The first kappa shape index (κ1) is 23.0. The number of aryl methyl sites for hydroxylation is 1. The molecule has 0 spiro atoms. The van der Waals surface area contributed by atoms with Crippen LogP contribution in [0.25, 0.3) is 5.65 Å². The first-order valence-electron chi connectivity index (χ1n) is 11.8. The predicted molar refractivity (Wildman–Crippen MR) is 128 cm³/mol. The van der Waals surface area contributed by atoms with Gasteiger partial charge in [0.15, 0.2) is 5.65 Å². The van der Waals surface area contributed by atoms with Gasteiger partial charge in [-0.2, -0.15) is 9.61 Å². The Morgan fingerprint density at radius 2 is 2.24 bits per heavy atom. The molecule has 0 saturated carbocycles. The summed E-state index contributed by atoms with van der Waals surface area (Å²) in [6, 6.07) is 5.71. The number of anilines is 2. The minimum Gasteiger partial charge on any atom is -0.464 e. The normalized spacial score (nSPS) is 17.2. The highest BCUT2D eigenvalue weighted by Crippen LogP contribution is 2.29. The molecule has 3 N–H and O–H groups in total. The second-order valence-electron chi connectivity index (χ2n) is 8.56. The van der Waals surface area contributed by atoms with Gasteiger partial charge in [-0.05, 0) is 44.2 Å². The van der Waals surface area contributed by atoms with E-state index in [4.69, 9.17) is 15.5 Å². The van der Waals surface area contributed by atoms with Gasteiger partial charge < -0.3 is 20.7 Å². The number of piperidine rings is 1. The number of fused-ring (bicyclic) bond motifs is 1. The molecule has 1 aliphatic heterocycles. The van der Waals surface area contributed by atoms with Crippen molar-refractivity contribution < 1.29 is 9.53 Å². The van der Waals surface area contributed by atoms with Gasteiger partial charge in [0, 0.05) is 49.6 Å². The number of nitrogens with two attached hydrogens (primary N) is 1. The van der Waals surface area contributed by atoms with Crippen LogP contribution in [-0.4, -0.2) is 50.8 Å². The number of carbonyl (C=O) groups excluding carboxylic acids is 1. The molecule has 9 heteroatoms. The second-order valence-corrected chi connectivity index (χ2v) is 8.56. The molecular formula is C24H33N7O2. The summed E-state index contributed by atoms with van der Waals surface area (Å²) >= 11 is 0. The highest BCUT2D eigenvalue weighted by molar-refractivity contribution is 5.74. The van der Waals surface area contributed by atoms with Crippen molar-refractivity contribution in [2.24, 2.45) is 5.73 Å². The lowest BCUT2D eigenvalue weighted by molar-refractivity contribution is -0.144. The molecule has 1 fully saturated rings. The fourth-order valence-electron chi connectivity index (χ4n) is 4.24. The zero-order valence-corrected chi connectivity index (χ0v) is 19.4. The molecule has 0 radical (unpaired) electrons. The van der Waals surface area contributed by atoms with Gasteiger partial charge in [-0.1, -0.05) is 13.0 Å². The van der Waals surface area contributed by atoms with E-state index < -0.39 is 6.04 Å². The van der Waals surface area contributed by atoms with E-state index in [2.05, 4.69) is 33.3 Å². The highest BCUT2D eigenvalue weighted by Gasteiger charge is 2.25. The molecule has 3 aromatic heterocycles. The Morgan fingerprint density at radius 1 is 1.36 bits per heavy atom. The highest BCUT2D eigenvalue weighted by atomic mass is 16.5. The standard InChI is InChI=1S/C24H33N7O2/c1-3-19-16-28-31-21(27-15-18-7-6-10-26-14-18)13-22(29-23(19)31)30-11-5-4-8-20(30)9-12-33-24(32)17(2)25/h6-7,10,13-14,16-17,20,27H,3-5,8-9,11-12,15,25H2,1-2H3/t17?,20-/m0/s1. The largest absolute Gasteiger partial charge is 0.464 e. The maximum Gasteiger partial charge on any atom is 0.322 e. The van der Waals surface area contributed by atoms with Crippen LogP contribution in [0.3, 0.4) is 0 Å². The number of esters is 1. The fraction of sp³-hybridized carbons (Fsp3) is 0.500. The molecule has 2 atom stereocenters. The van der Waals surface area contributed by atoms with Crippen LogP contribution in [0.5, 0.6) is 0 Å². The van der Waals surface area contributed by atoms with E-state index in [0.29, 0.717) is 13.2 Å². The third kappa shape index (κ3) is 5.42. The number of ether oxygens (including phenoxy) is 1. The van der Waals surface area contributed by atoms with Crippen LogP contribution < -0.4 is 16.0 Å². The number of rotatable bonds is 9. The van der Waals surface area contributed by atoms with Crippen molar-refractivity contribution in [3.63, 3.8) is 0 Å². The van der Waals surface area contributed by atoms with Crippen LogP contribution in [0.1, 0.15) is 50.7 Å². The Kier molecular flexibility index (Phi) is 7.39. The van der Waals surface area contributed by atoms with Crippen LogP contribution in [-0.2, 0) is 22.5 Å². The summed E-state index contributed by atoms with van der Waals surface area (Å²) in [7, 11) is 0. The molecule has 176 valence electrons. The molecule has 0 bridgehead atoms. The fourth-order valence-corrected chi connectivity index (χ4v) is 4.24. The molecule has 1 aliphatic rings. The maximum absolute atomic E-state index is 11.8. The monoisotopic (exact) mass is 451 g/mol. The summed E-state index contributed by atoms with van der Waals surface area (Å²) in [5, 5.41) is 8.10. The van der Waals surface area contributed by atoms with Crippen molar-refractivity contribution in [2.45, 2.75) is 64.6 Å². The van der Waals surface area contributed by atoms with Gasteiger partial charge in [0.25, 0.3) is 0 Å². The van der Waals surface area contributed by atoms with Crippen LogP contribution in [0, 0.1) is 0 Å². The molecule has 0 aromatic carbocycles. The van der Waals surface area contributed by atoms with E-state index in [1.165, 1.54) is 0 Å². The topological polar surface area (TPSA) is 111 Å². The van der Waals surface area contributed by atoms with E-state index in [1.807, 2.05) is 29.0 Å². The number of hydrogen-bond donors (Lipinski definition) is 2. The average Bonchev–Trinajstić information content (AvgIpc) is 3.26. The van der Waals surface area contributed by atoms with Crippen LogP contribution in [0.2, 0.25) is 0 Å². The van der Waals surface area contributed by atoms with Crippen molar-refractivity contribution in [1.29, 1.82) is 0 Å². The van der Waals surface area contributed by atoms with Crippen molar-refractivity contribution in [3.8, 4) is 0 Å². The lowest BCUT2D eigenvalue weighted by atomic mass is 9.99. The van der Waals surface area contributed by atoms with Gasteiger partial charge in [0.1, 0.15) is 17.7 Å². The Hall–Kier alpha value is -3.20. The Bertz CT molecular complexity index is 1070.